The molecule has 4 nitrogen and oxygen atoms in total. The highest BCUT2D eigenvalue weighted by Gasteiger charge is 2.18. The zero-order valence-electron chi connectivity index (χ0n) is 25.3. The van der Waals surface area contributed by atoms with Gasteiger partial charge in [-0.15, -0.1) is 0 Å². The van der Waals surface area contributed by atoms with Gasteiger partial charge < -0.3 is 4.42 Å². The fraction of sp³-hybridized carbons (Fsp3) is 0. The van der Waals surface area contributed by atoms with Crippen LogP contribution in [0.25, 0.3) is 89.0 Å². The minimum atomic E-state index is 0.664. The molecule has 4 heteroatoms. The molecule has 9 rings (SSSR count). The lowest BCUT2D eigenvalue weighted by Gasteiger charge is -2.15. The third kappa shape index (κ3) is 4.84. The molecule has 0 atom stereocenters. The average Bonchev–Trinajstić information content (AvgIpc) is 3.53. The summed E-state index contributed by atoms with van der Waals surface area (Å²) >= 11 is 0. The van der Waals surface area contributed by atoms with E-state index in [1.54, 1.807) is 0 Å². The number of pyridine rings is 1. The fourth-order valence-electron chi connectivity index (χ4n) is 6.47. The van der Waals surface area contributed by atoms with Crippen LogP contribution >= 0.6 is 0 Å². The smallest absolute Gasteiger partial charge is 0.161 e. The van der Waals surface area contributed by atoms with Crippen LogP contribution in [0.5, 0.6) is 0 Å². The molecule has 3 heterocycles. The van der Waals surface area contributed by atoms with Gasteiger partial charge in [-0.05, 0) is 69.4 Å². The normalized spacial score (nSPS) is 11.4. The van der Waals surface area contributed by atoms with Crippen molar-refractivity contribution in [1.29, 1.82) is 0 Å². The van der Waals surface area contributed by atoms with Gasteiger partial charge in [-0.25, -0.2) is 9.97 Å². The zero-order chi connectivity index (χ0) is 31.2. The first-order valence-corrected chi connectivity index (χ1v) is 15.7. The zero-order valence-corrected chi connectivity index (χ0v) is 25.3. The van der Waals surface area contributed by atoms with Crippen molar-refractivity contribution in [2.24, 2.45) is 0 Å². The van der Waals surface area contributed by atoms with Crippen molar-refractivity contribution >= 4 is 32.8 Å². The van der Waals surface area contributed by atoms with Crippen LogP contribution in [-0.4, -0.2) is 15.0 Å². The topological polar surface area (TPSA) is 51.8 Å². The van der Waals surface area contributed by atoms with E-state index in [0.29, 0.717) is 5.82 Å². The number of aromatic nitrogens is 3. The molecule has 0 fully saturated rings. The van der Waals surface area contributed by atoms with Crippen molar-refractivity contribution in [2.45, 2.75) is 0 Å². The van der Waals surface area contributed by atoms with Gasteiger partial charge in [0.1, 0.15) is 11.1 Å². The van der Waals surface area contributed by atoms with Crippen molar-refractivity contribution in [1.82, 2.24) is 15.0 Å². The number of benzene rings is 6. The van der Waals surface area contributed by atoms with Gasteiger partial charge in [-0.2, -0.15) is 0 Å². The molecule has 0 saturated heterocycles. The molecule has 9 aromatic rings. The standard InChI is InChI=1S/C43H27N3O/c1-3-12-29(13-4-1)38-27-39(30-14-5-2-6-15-30)46-43(45-38)36-25-31(34-18-9-16-28-11-7-8-17-33(28)34)20-22-35(36)32-21-23-40-37(26-32)42-41(47-40)19-10-24-44-42/h1-27H. The lowest BCUT2D eigenvalue weighted by Crippen LogP contribution is -1.98. The number of hydrogen-bond acceptors (Lipinski definition) is 4. The van der Waals surface area contributed by atoms with E-state index >= 15 is 0 Å². The second-order valence-corrected chi connectivity index (χ2v) is 11.6. The lowest BCUT2D eigenvalue weighted by atomic mass is 9.91. The van der Waals surface area contributed by atoms with E-state index in [-0.39, 0.29) is 0 Å². The van der Waals surface area contributed by atoms with E-state index in [9.17, 15) is 0 Å². The number of nitrogens with zero attached hydrogens (tertiary/aromatic N) is 3. The molecule has 0 aliphatic rings. The maximum Gasteiger partial charge on any atom is 0.161 e. The highest BCUT2D eigenvalue weighted by molar-refractivity contribution is 6.05. The maximum absolute atomic E-state index is 6.12. The van der Waals surface area contributed by atoms with Gasteiger partial charge in [-0.1, -0.05) is 121 Å². The van der Waals surface area contributed by atoms with Gasteiger partial charge in [-0.3, -0.25) is 4.98 Å². The van der Waals surface area contributed by atoms with Crippen LogP contribution in [0.3, 0.4) is 0 Å². The molecular formula is C43H27N3O. The molecule has 3 aromatic heterocycles. The van der Waals surface area contributed by atoms with Gasteiger partial charge in [0, 0.05) is 28.3 Å². The number of furan rings is 1. The van der Waals surface area contributed by atoms with Gasteiger partial charge in [0.15, 0.2) is 11.4 Å². The van der Waals surface area contributed by atoms with Crippen molar-refractivity contribution < 1.29 is 4.42 Å². The SMILES string of the molecule is c1ccc(-c2cc(-c3ccccc3)nc(-c3cc(-c4cccc5ccccc45)ccc3-c3ccc4oc5cccnc5c4c3)n2)cc1. The summed E-state index contributed by atoms with van der Waals surface area (Å²) in [6, 6.07) is 54.5. The predicted molar refractivity (Wildman–Crippen MR) is 192 cm³/mol. The van der Waals surface area contributed by atoms with Crippen molar-refractivity contribution in [3.8, 4) is 56.2 Å². The first-order chi connectivity index (χ1) is 23.3. The molecule has 0 spiro atoms. The average molecular weight is 602 g/mol. The molecule has 0 radical (unpaired) electrons. The highest BCUT2D eigenvalue weighted by Crippen LogP contribution is 2.40. The van der Waals surface area contributed by atoms with Gasteiger partial charge in [0.25, 0.3) is 0 Å². The van der Waals surface area contributed by atoms with Crippen LogP contribution in [0, 0.1) is 0 Å². The number of hydrogen-bond donors (Lipinski definition) is 0. The van der Waals surface area contributed by atoms with Gasteiger partial charge in [0.2, 0.25) is 0 Å². The number of rotatable bonds is 5. The Kier molecular flexibility index (Phi) is 6.43. The lowest BCUT2D eigenvalue weighted by molar-refractivity contribution is 0.668. The molecule has 6 aromatic carbocycles. The van der Waals surface area contributed by atoms with Crippen LogP contribution in [0.1, 0.15) is 0 Å². The first kappa shape index (κ1) is 27.0. The Morgan fingerprint density at radius 3 is 1.87 bits per heavy atom. The molecule has 0 amide bonds. The van der Waals surface area contributed by atoms with E-state index in [1.807, 2.05) is 60.8 Å². The van der Waals surface area contributed by atoms with Crippen LogP contribution in [0.2, 0.25) is 0 Å². The van der Waals surface area contributed by atoms with E-state index in [4.69, 9.17) is 14.4 Å². The summed E-state index contributed by atoms with van der Waals surface area (Å²) in [6.45, 7) is 0. The maximum atomic E-state index is 6.12. The molecule has 0 aliphatic carbocycles. The Bertz CT molecular complexity index is 2510. The van der Waals surface area contributed by atoms with E-state index in [0.717, 1.165) is 66.8 Å². The predicted octanol–water partition coefficient (Wildman–Crippen LogP) is 11.3. The summed E-state index contributed by atoms with van der Waals surface area (Å²) in [5.74, 6) is 0.664. The van der Waals surface area contributed by atoms with Crippen LogP contribution in [-0.2, 0) is 0 Å². The monoisotopic (exact) mass is 601 g/mol. The Morgan fingerprint density at radius 1 is 0.404 bits per heavy atom. The third-order valence-corrected chi connectivity index (χ3v) is 8.76. The molecule has 0 bridgehead atoms. The molecule has 0 N–H and O–H groups in total. The highest BCUT2D eigenvalue weighted by atomic mass is 16.3. The second-order valence-electron chi connectivity index (χ2n) is 11.6. The Labute approximate surface area is 271 Å². The molecule has 220 valence electrons. The fourth-order valence-corrected chi connectivity index (χ4v) is 6.47. The van der Waals surface area contributed by atoms with Gasteiger partial charge >= 0.3 is 0 Å². The van der Waals surface area contributed by atoms with Gasteiger partial charge in [0.05, 0.1) is 11.4 Å². The van der Waals surface area contributed by atoms with E-state index < -0.39 is 0 Å². The molecule has 0 saturated carbocycles. The van der Waals surface area contributed by atoms with Crippen LogP contribution in [0.15, 0.2) is 168 Å². The second kappa shape index (κ2) is 11.2. The first-order valence-electron chi connectivity index (χ1n) is 15.7. The molecular weight excluding hydrogens is 574 g/mol. The third-order valence-electron chi connectivity index (χ3n) is 8.76. The van der Waals surface area contributed by atoms with Crippen molar-refractivity contribution in [3.05, 3.63) is 164 Å². The summed E-state index contributed by atoms with van der Waals surface area (Å²) in [7, 11) is 0. The Balaban J connectivity index is 1.32. The van der Waals surface area contributed by atoms with Crippen LogP contribution < -0.4 is 0 Å². The Hall–Kier alpha value is -6.39. The summed E-state index contributed by atoms with van der Waals surface area (Å²) in [4.78, 5) is 15.1. The van der Waals surface area contributed by atoms with E-state index in [1.165, 1.54) is 16.3 Å². The molecule has 0 unspecified atom stereocenters. The van der Waals surface area contributed by atoms with Crippen molar-refractivity contribution in [3.63, 3.8) is 0 Å². The summed E-state index contributed by atoms with van der Waals surface area (Å²) in [5, 5.41) is 3.38. The summed E-state index contributed by atoms with van der Waals surface area (Å²) in [5.41, 5.74) is 11.6. The summed E-state index contributed by atoms with van der Waals surface area (Å²) in [6.07, 6.45) is 1.81. The molecule has 0 aliphatic heterocycles. The number of fused-ring (bicyclic) bond motifs is 4. The van der Waals surface area contributed by atoms with E-state index in [2.05, 4.69) is 108 Å². The summed E-state index contributed by atoms with van der Waals surface area (Å²) < 4.78 is 6.12. The van der Waals surface area contributed by atoms with Crippen molar-refractivity contribution in [2.75, 3.05) is 0 Å². The quantitative estimate of drug-likeness (QED) is 0.197. The minimum Gasteiger partial charge on any atom is -0.454 e. The largest absolute Gasteiger partial charge is 0.454 e. The van der Waals surface area contributed by atoms with Crippen LogP contribution in [0.4, 0.5) is 0 Å². The minimum absolute atomic E-state index is 0.664. The molecule has 47 heavy (non-hydrogen) atoms. The Morgan fingerprint density at radius 2 is 1.09 bits per heavy atom.